The summed E-state index contributed by atoms with van der Waals surface area (Å²) in [4.78, 5) is 21.0. The highest BCUT2D eigenvalue weighted by atomic mass is 17.5. The lowest BCUT2D eigenvalue weighted by Gasteiger charge is -2.22. The highest BCUT2D eigenvalue weighted by Gasteiger charge is 2.21. The fraction of sp³-hybridized carbons (Fsp3) is 0.500. The largest absolute Gasteiger partial charge is 0.508 e. The zero-order valence-corrected chi connectivity index (χ0v) is 12.6. The molecule has 1 rings (SSSR count). The van der Waals surface area contributed by atoms with Crippen molar-refractivity contribution in [2.75, 3.05) is 7.11 Å². The van der Waals surface area contributed by atoms with Crippen molar-refractivity contribution in [2.24, 2.45) is 0 Å². The van der Waals surface area contributed by atoms with Crippen molar-refractivity contribution in [2.45, 2.75) is 39.0 Å². The molecule has 1 unspecified atom stereocenters. The molecule has 0 saturated carbocycles. The first kappa shape index (κ1) is 17.2. The van der Waals surface area contributed by atoms with Crippen molar-refractivity contribution < 1.29 is 29.5 Å². The van der Waals surface area contributed by atoms with Gasteiger partial charge in [0.2, 0.25) is 0 Å². The Morgan fingerprint density at radius 3 is 2.43 bits per heavy atom. The average Bonchev–Trinajstić information content (AvgIpc) is 2.36. The van der Waals surface area contributed by atoms with Crippen LogP contribution < -0.4 is 5.32 Å². The molecule has 0 aliphatic heterocycles. The molecule has 2 N–H and O–H groups in total. The van der Waals surface area contributed by atoms with E-state index in [9.17, 15) is 9.90 Å². The zero-order valence-electron chi connectivity index (χ0n) is 12.6. The molecule has 0 bridgehead atoms. The van der Waals surface area contributed by atoms with E-state index in [4.69, 9.17) is 9.62 Å². The molecule has 1 aromatic carbocycles. The van der Waals surface area contributed by atoms with E-state index in [1.807, 2.05) is 0 Å². The van der Waals surface area contributed by atoms with E-state index >= 15 is 0 Å². The summed E-state index contributed by atoms with van der Waals surface area (Å²) in [6, 6.07) is 6.48. The van der Waals surface area contributed by atoms with Gasteiger partial charge in [0.25, 0.3) is 0 Å². The van der Waals surface area contributed by atoms with Crippen molar-refractivity contribution in [1.29, 1.82) is 0 Å². The number of amides is 1. The lowest BCUT2D eigenvalue weighted by molar-refractivity contribution is -0.518. The van der Waals surface area contributed by atoms with Crippen LogP contribution in [0.1, 0.15) is 26.3 Å². The molecule has 0 fully saturated rings. The van der Waals surface area contributed by atoms with Gasteiger partial charge in [0.05, 0.1) is 7.11 Å². The quantitative estimate of drug-likeness (QED) is 0.476. The number of phenols is 1. The third-order valence-corrected chi connectivity index (χ3v) is 2.26. The molecule has 1 atom stereocenters. The predicted octanol–water partition coefficient (Wildman–Crippen LogP) is 2.30. The predicted molar refractivity (Wildman–Crippen MR) is 74.1 cm³/mol. The molecule has 0 radical (unpaired) electrons. The summed E-state index contributed by atoms with van der Waals surface area (Å²) in [6.45, 7) is 5.27. The summed E-state index contributed by atoms with van der Waals surface area (Å²) >= 11 is 0. The highest BCUT2D eigenvalue weighted by Crippen LogP contribution is 2.13. The number of hydrogen-bond donors (Lipinski definition) is 2. The van der Waals surface area contributed by atoms with Crippen molar-refractivity contribution in [3.05, 3.63) is 29.8 Å². The molecule has 0 spiro atoms. The topological polar surface area (TPSA) is 86.3 Å². The van der Waals surface area contributed by atoms with Gasteiger partial charge >= 0.3 is 6.09 Å². The van der Waals surface area contributed by atoms with E-state index in [0.717, 1.165) is 5.56 Å². The molecule has 0 aliphatic carbocycles. The fourth-order valence-electron chi connectivity index (χ4n) is 1.48. The number of carbonyl (C=O) groups is 1. The number of phenolic OH excluding ortho intramolecular Hbond substituents is 1. The Balaban J connectivity index is 2.62. The maximum Gasteiger partial charge on any atom is 0.409 e. The van der Waals surface area contributed by atoms with Crippen LogP contribution in [0, 0.1) is 0 Å². The van der Waals surface area contributed by atoms with E-state index < -0.39 is 17.9 Å². The van der Waals surface area contributed by atoms with E-state index in [1.165, 1.54) is 19.2 Å². The Hall–Kier alpha value is -1.83. The summed E-state index contributed by atoms with van der Waals surface area (Å²) in [7, 11) is 1.28. The van der Waals surface area contributed by atoms with Crippen LogP contribution in [0.3, 0.4) is 0 Å². The van der Waals surface area contributed by atoms with Crippen LogP contribution in [0.4, 0.5) is 4.79 Å². The Morgan fingerprint density at radius 2 is 1.90 bits per heavy atom. The first-order valence-electron chi connectivity index (χ1n) is 6.44. The van der Waals surface area contributed by atoms with Gasteiger partial charge in [0, 0.05) is 6.42 Å². The van der Waals surface area contributed by atoms with Crippen LogP contribution in [0.5, 0.6) is 5.75 Å². The summed E-state index contributed by atoms with van der Waals surface area (Å²) in [5, 5.41) is 16.2. The molecule has 7 heteroatoms. The molecule has 1 aromatic rings. The van der Waals surface area contributed by atoms with Gasteiger partial charge in [-0.2, -0.15) is 4.89 Å². The van der Waals surface area contributed by atoms with Gasteiger partial charge in [0.15, 0.2) is 6.23 Å². The fourth-order valence-corrected chi connectivity index (χ4v) is 1.48. The normalized spacial score (nSPS) is 12.8. The second kappa shape index (κ2) is 7.82. The van der Waals surface area contributed by atoms with Crippen molar-refractivity contribution in [1.82, 2.24) is 5.32 Å². The molecule has 1 amide bonds. The van der Waals surface area contributed by atoms with Gasteiger partial charge < -0.3 is 9.84 Å². The molecule has 0 heterocycles. The van der Waals surface area contributed by atoms with Crippen LogP contribution in [0.2, 0.25) is 0 Å². The lowest BCUT2D eigenvalue weighted by atomic mass is 10.1. The number of benzene rings is 1. The van der Waals surface area contributed by atoms with Gasteiger partial charge in [-0.25, -0.2) is 9.68 Å². The van der Waals surface area contributed by atoms with Gasteiger partial charge in [-0.3, -0.25) is 5.32 Å². The van der Waals surface area contributed by atoms with Crippen molar-refractivity contribution >= 4 is 6.09 Å². The van der Waals surface area contributed by atoms with Crippen molar-refractivity contribution in [3.8, 4) is 5.75 Å². The van der Waals surface area contributed by atoms with E-state index in [2.05, 4.69) is 15.2 Å². The maximum absolute atomic E-state index is 11.7. The lowest BCUT2D eigenvalue weighted by Crippen LogP contribution is -2.41. The van der Waals surface area contributed by atoms with Crippen LogP contribution in [0.15, 0.2) is 24.3 Å². The molecule has 0 saturated heterocycles. The van der Waals surface area contributed by atoms with Gasteiger partial charge in [-0.05, 0) is 38.5 Å². The molecule has 118 valence electrons. The number of alkyl carbamates (subject to hydrolysis) is 1. The van der Waals surface area contributed by atoms with Crippen molar-refractivity contribution in [3.63, 3.8) is 0 Å². The number of ether oxygens (including phenoxy) is 1. The van der Waals surface area contributed by atoms with Crippen LogP contribution >= 0.6 is 0 Å². The summed E-state index contributed by atoms with van der Waals surface area (Å²) < 4.78 is 5.14. The minimum absolute atomic E-state index is 0.157. The van der Waals surface area contributed by atoms with Crippen LogP contribution in [-0.4, -0.2) is 30.1 Å². The standard InChI is InChI=1S/C14H21NO6/c1-14(2,3)19-13(17)15-12(20-21-18-4)9-10-5-7-11(16)8-6-10/h5-8,12,16H,9H2,1-4H3,(H,15,17). The van der Waals surface area contributed by atoms with E-state index in [-0.39, 0.29) is 5.75 Å². The zero-order chi connectivity index (χ0) is 15.9. The third kappa shape index (κ3) is 7.50. The second-order valence-corrected chi connectivity index (χ2v) is 5.34. The second-order valence-electron chi connectivity index (χ2n) is 5.34. The van der Waals surface area contributed by atoms with Gasteiger partial charge in [-0.1, -0.05) is 17.2 Å². The number of nitrogens with one attached hydrogen (secondary N) is 1. The number of hydrogen-bond acceptors (Lipinski definition) is 6. The SMILES string of the molecule is COOOC(Cc1ccc(O)cc1)NC(=O)OC(C)(C)C. The Bertz CT molecular complexity index is 440. The average molecular weight is 299 g/mol. The molecule has 0 aromatic heterocycles. The minimum Gasteiger partial charge on any atom is -0.508 e. The minimum atomic E-state index is -0.802. The molecule has 7 nitrogen and oxygen atoms in total. The van der Waals surface area contributed by atoms with Crippen LogP contribution in [-0.2, 0) is 26.0 Å². The Labute approximate surface area is 123 Å². The van der Waals surface area contributed by atoms with E-state index in [1.54, 1.807) is 32.9 Å². The molecular weight excluding hydrogens is 278 g/mol. The molecule has 21 heavy (non-hydrogen) atoms. The summed E-state index contributed by atoms with van der Waals surface area (Å²) in [5.74, 6) is 0.157. The molecular formula is C14H21NO6. The maximum atomic E-state index is 11.7. The smallest absolute Gasteiger partial charge is 0.409 e. The highest BCUT2D eigenvalue weighted by molar-refractivity contribution is 5.67. The third-order valence-electron chi connectivity index (χ3n) is 2.26. The summed E-state index contributed by atoms with van der Waals surface area (Å²) in [6.07, 6.45) is -1.13. The van der Waals surface area contributed by atoms with E-state index in [0.29, 0.717) is 6.42 Å². The van der Waals surface area contributed by atoms with Crippen LogP contribution in [0.25, 0.3) is 0 Å². The first-order chi connectivity index (χ1) is 9.80. The molecule has 0 aliphatic rings. The Kier molecular flexibility index (Phi) is 6.41. The number of aromatic hydroxyl groups is 1. The number of carbonyl (C=O) groups excluding carboxylic acids is 1. The monoisotopic (exact) mass is 299 g/mol. The van der Waals surface area contributed by atoms with Gasteiger partial charge in [0.1, 0.15) is 11.4 Å². The van der Waals surface area contributed by atoms with Gasteiger partial charge in [-0.15, -0.1) is 0 Å². The Morgan fingerprint density at radius 1 is 1.29 bits per heavy atom. The first-order valence-corrected chi connectivity index (χ1v) is 6.44. The summed E-state index contributed by atoms with van der Waals surface area (Å²) in [5.41, 5.74) is 0.212. The number of rotatable bonds is 6.